The van der Waals surface area contributed by atoms with Gasteiger partial charge in [-0.1, -0.05) is 54.1 Å². The average Bonchev–Trinajstić information content (AvgIpc) is 2.65. The van der Waals surface area contributed by atoms with Crippen molar-refractivity contribution in [1.29, 1.82) is 0 Å². The Hall–Kier alpha value is -2.49. The topological polar surface area (TPSA) is 35.5 Å². The van der Waals surface area contributed by atoms with E-state index in [-0.39, 0.29) is 0 Å². The van der Waals surface area contributed by atoms with Gasteiger partial charge in [-0.25, -0.2) is 0 Å². The largest absolute Gasteiger partial charge is 0.389 e. The Kier molecular flexibility index (Phi) is 5.82. The maximum atomic E-state index is 9.97. The van der Waals surface area contributed by atoms with E-state index >= 15 is 0 Å². The predicted molar refractivity (Wildman–Crippen MR) is 110 cm³/mol. The maximum Gasteiger partial charge on any atom is 0.0781 e. The lowest BCUT2D eigenvalue weighted by Gasteiger charge is -2.24. The molecule has 26 heavy (non-hydrogen) atoms. The first kappa shape index (κ1) is 18.3. The number of anilines is 3. The minimum atomic E-state index is -0.490. The molecular formula is C22H23ClN2O. The summed E-state index contributed by atoms with van der Waals surface area (Å²) in [4.78, 5) is 2.15. The molecule has 3 aromatic carbocycles. The van der Waals surface area contributed by atoms with Crippen LogP contribution in [0.1, 0.15) is 24.2 Å². The molecule has 3 rings (SSSR count). The summed E-state index contributed by atoms with van der Waals surface area (Å²) in [7, 11) is 2.04. The zero-order chi connectivity index (χ0) is 18.5. The highest BCUT2D eigenvalue weighted by molar-refractivity contribution is 6.33. The zero-order valence-electron chi connectivity index (χ0n) is 15.0. The molecule has 134 valence electrons. The molecule has 0 aromatic heterocycles. The van der Waals surface area contributed by atoms with Gasteiger partial charge in [0.25, 0.3) is 0 Å². The van der Waals surface area contributed by atoms with Gasteiger partial charge >= 0.3 is 0 Å². The van der Waals surface area contributed by atoms with E-state index in [2.05, 4.69) is 22.3 Å². The molecule has 0 unspecified atom stereocenters. The van der Waals surface area contributed by atoms with Crippen molar-refractivity contribution >= 4 is 28.7 Å². The fourth-order valence-electron chi connectivity index (χ4n) is 2.96. The van der Waals surface area contributed by atoms with Crippen molar-refractivity contribution in [1.82, 2.24) is 0 Å². The number of halogens is 1. The molecule has 0 bridgehead atoms. The van der Waals surface area contributed by atoms with E-state index in [0.717, 1.165) is 29.2 Å². The third kappa shape index (κ3) is 4.37. The van der Waals surface area contributed by atoms with Gasteiger partial charge in [-0.15, -0.1) is 0 Å². The normalized spacial score (nSPS) is 11.8. The average molecular weight is 367 g/mol. The van der Waals surface area contributed by atoms with Crippen molar-refractivity contribution in [3.05, 3.63) is 88.9 Å². The maximum absolute atomic E-state index is 9.97. The fraction of sp³-hybridized carbons (Fsp3) is 0.182. The lowest BCUT2D eigenvalue weighted by Crippen LogP contribution is -2.18. The van der Waals surface area contributed by atoms with Crippen LogP contribution in [0, 0.1) is 0 Å². The van der Waals surface area contributed by atoms with Gasteiger partial charge in [-0.05, 0) is 42.8 Å². The van der Waals surface area contributed by atoms with Gasteiger partial charge in [0, 0.05) is 30.5 Å². The summed E-state index contributed by atoms with van der Waals surface area (Å²) < 4.78 is 0. The first-order valence-corrected chi connectivity index (χ1v) is 9.01. The third-order valence-corrected chi connectivity index (χ3v) is 4.65. The number of nitrogens with zero attached hydrogens (tertiary/aromatic N) is 1. The third-order valence-electron chi connectivity index (χ3n) is 4.32. The molecule has 0 radical (unpaired) electrons. The highest BCUT2D eigenvalue weighted by atomic mass is 35.5. The van der Waals surface area contributed by atoms with Crippen LogP contribution in [0.3, 0.4) is 0 Å². The van der Waals surface area contributed by atoms with Crippen LogP contribution >= 0.6 is 11.6 Å². The Balaban J connectivity index is 1.71. The quantitative estimate of drug-likeness (QED) is 0.581. The molecule has 1 atom stereocenters. The van der Waals surface area contributed by atoms with E-state index < -0.39 is 6.10 Å². The van der Waals surface area contributed by atoms with Crippen LogP contribution in [0.4, 0.5) is 17.1 Å². The van der Waals surface area contributed by atoms with Gasteiger partial charge in [-0.2, -0.15) is 0 Å². The minimum absolute atomic E-state index is 0.490. The molecule has 3 nitrogen and oxygen atoms in total. The van der Waals surface area contributed by atoms with Crippen LogP contribution in [0.25, 0.3) is 0 Å². The second kappa shape index (κ2) is 8.26. The van der Waals surface area contributed by atoms with Crippen LogP contribution in [-0.4, -0.2) is 12.2 Å². The smallest absolute Gasteiger partial charge is 0.0781 e. The molecule has 4 heteroatoms. The number of para-hydroxylation sites is 2. The van der Waals surface area contributed by atoms with Gasteiger partial charge < -0.3 is 15.3 Å². The molecule has 3 aromatic rings. The summed E-state index contributed by atoms with van der Waals surface area (Å²) in [5.74, 6) is 0. The van der Waals surface area contributed by atoms with Crippen LogP contribution in [-0.2, 0) is 6.54 Å². The van der Waals surface area contributed by atoms with Crippen molar-refractivity contribution in [2.24, 2.45) is 0 Å². The highest BCUT2D eigenvalue weighted by Gasteiger charge is 2.11. The van der Waals surface area contributed by atoms with Crippen molar-refractivity contribution in [2.45, 2.75) is 19.6 Å². The van der Waals surface area contributed by atoms with Gasteiger partial charge in [-0.3, -0.25) is 0 Å². The van der Waals surface area contributed by atoms with Gasteiger partial charge in [0.05, 0.1) is 16.8 Å². The molecule has 0 aliphatic rings. The van der Waals surface area contributed by atoms with Gasteiger partial charge in [0.1, 0.15) is 0 Å². The predicted octanol–water partition coefficient (Wildman–Crippen LogP) is 5.77. The number of aliphatic hydroxyl groups is 1. The number of nitrogens with one attached hydrogen (secondary N) is 1. The monoisotopic (exact) mass is 366 g/mol. The summed E-state index contributed by atoms with van der Waals surface area (Å²) in [5.41, 5.74) is 5.06. The van der Waals surface area contributed by atoms with E-state index in [1.54, 1.807) is 6.92 Å². The second-order valence-electron chi connectivity index (χ2n) is 6.39. The van der Waals surface area contributed by atoms with Crippen molar-refractivity contribution < 1.29 is 5.11 Å². The minimum Gasteiger partial charge on any atom is -0.389 e. The molecule has 0 spiro atoms. The summed E-state index contributed by atoms with van der Waals surface area (Å²) >= 11 is 6.19. The van der Waals surface area contributed by atoms with Crippen molar-refractivity contribution in [2.75, 3.05) is 17.3 Å². The molecule has 0 heterocycles. The van der Waals surface area contributed by atoms with Gasteiger partial charge in [0.15, 0.2) is 0 Å². The first-order valence-electron chi connectivity index (χ1n) is 8.63. The molecule has 0 amide bonds. The van der Waals surface area contributed by atoms with Crippen LogP contribution < -0.4 is 10.2 Å². The van der Waals surface area contributed by atoms with Crippen molar-refractivity contribution in [3.8, 4) is 0 Å². The van der Waals surface area contributed by atoms with E-state index in [4.69, 9.17) is 11.6 Å². The highest BCUT2D eigenvalue weighted by Crippen LogP contribution is 2.27. The lowest BCUT2D eigenvalue weighted by atomic mass is 10.1. The van der Waals surface area contributed by atoms with E-state index in [1.165, 1.54) is 5.56 Å². The molecule has 0 saturated heterocycles. The summed E-state index contributed by atoms with van der Waals surface area (Å²) in [6, 6.07) is 23.9. The molecule has 0 saturated carbocycles. The van der Waals surface area contributed by atoms with Crippen LogP contribution in [0.5, 0.6) is 0 Å². The van der Waals surface area contributed by atoms with E-state index in [0.29, 0.717) is 5.02 Å². The molecule has 2 N–H and O–H groups in total. The first-order chi connectivity index (χ1) is 12.5. The van der Waals surface area contributed by atoms with Crippen LogP contribution in [0.15, 0.2) is 72.8 Å². The summed E-state index contributed by atoms with van der Waals surface area (Å²) in [6.45, 7) is 2.55. The number of aliphatic hydroxyl groups excluding tert-OH is 1. The number of rotatable bonds is 6. The molecule has 0 fully saturated rings. The Morgan fingerprint density at radius 1 is 0.962 bits per heavy atom. The van der Waals surface area contributed by atoms with Gasteiger partial charge in [0.2, 0.25) is 0 Å². The summed E-state index contributed by atoms with van der Waals surface area (Å²) in [5, 5.41) is 14.0. The Morgan fingerprint density at radius 2 is 1.62 bits per heavy atom. The van der Waals surface area contributed by atoms with Crippen LogP contribution in [0.2, 0.25) is 5.02 Å². The Labute approximate surface area is 159 Å². The zero-order valence-corrected chi connectivity index (χ0v) is 15.7. The van der Waals surface area contributed by atoms with Crippen molar-refractivity contribution in [3.63, 3.8) is 0 Å². The Bertz CT molecular complexity index is 862. The summed E-state index contributed by atoms with van der Waals surface area (Å²) in [6.07, 6.45) is -0.490. The SMILES string of the molecule is C[C@@H](O)c1ccccc1N(C)Cc1ccc(Nc2ccccc2Cl)cc1. The number of hydrogen-bond donors (Lipinski definition) is 2. The standard InChI is InChI=1S/C22H23ClN2O/c1-16(26)19-7-3-6-10-22(19)25(2)15-17-11-13-18(14-12-17)24-21-9-5-4-8-20(21)23/h3-14,16,24,26H,15H2,1-2H3/t16-/m1/s1. The number of benzene rings is 3. The fourth-order valence-corrected chi connectivity index (χ4v) is 3.14. The Morgan fingerprint density at radius 3 is 2.31 bits per heavy atom. The lowest BCUT2D eigenvalue weighted by molar-refractivity contribution is 0.199. The van der Waals surface area contributed by atoms with E-state index in [9.17, 15) is 5.11 Å². The molecule has 0 aliphatic heterocycles. The molecular weight excluding hydrogens is 344 g/mol. The second-order valence-corrected chi connectivity index (χ2v) is 6.80. The number of hydrogen-bond acceptors (Lipinski definition) is 3. The molecule has 0 aliphatic carbocycles. The van der Waals surface area contributed by atoms with E-state index in [1.807, 2.05) is 67.7 Å².